The molecule has 1 aliphatic rings. The van der Waals surface area contributed by atoms with Crippen LogP contribution in [0.25, 0.3) is 0 Å². The number of alkyl halides is 2. The summed E-state index contributed by atoms with van der Waals surface area (Å²) in [5, 5.41) is 10.0. The van der Waals surface area contributed by atoms with E-state index in [0.717, 1.165) is 12.8 Å². The molecule has 1 unspecified atom stereocenters. The number of carbonyl (C=O) groups excluding carboxylic acids is 1. The summed E-state index contributed by atoms with van der Waals surface area (Å²) in [4.78, 5) is 14.6. The molecule has 0 saturated carbocycles. The first kappa shape index (κ1) is 19.1. The number of para-hydroxylation sites is 1. The predicted octanol–water partition coefficient (Wildman–Crippen LogP) is 3.82. The molecule has 7 heteroatoms. The van der Waals surface area contributed by atoms with Crippen LogP contribution in [0.2, 0.25) is 0 Å². The summed E-state index contributed by atoms with van der Waals surface area (Å²) in [6, 6.07) is 12.5. The van der Waals surface area contributed by atoms with Gasteiger partial charge >= 0.3 is 6.61 Å². The van der Waals surface area contributed by atoms with Gasteiger partial charge in [0.15, 0.2) is 0 Å². The van der Waals surface area contributed by atoms with Gasteiger partial charge in [0.25, 0.3) is 5.91 Å². The molecule has 3 rings (SSSR count). The molecule has 144 valence electrons. The number of carbonyl (C=O) groups is 1. The summed E-state index contributed by atoms with van der Waals surface area (Å²) >= 11 is 0. The van der Waals surface area contributed by atoms with E-state index in [-0.39, 0.29) is 35.6 Å². The lowest BCUT2D eigenvalue weighted by molar-refractivity contribution is -0.0499. The Morgan fingerprint density at radius 2 is 2.07 bits per heavy atom. The zero-order valence-electron chi connectivity index (χ0n) is 14.7. The van der Waals surface area contributed by atoms with Gasteiger partial charge in [-0.15, -0.1) is 0 Å². The van der Waals surface area contributed by atoms with Gasteiger partial charge in [0.1, 0.15) is 11.5 Å². The molecule has 1 atom stereocenters. The summed E-state index contributed by atoms with van der Waals surface area (Å²) < 4.78 is 34.9. The molecule has 1 amide bonds. The fourth-order valence-corrected chi connectivity index (χ4v) is 3.09. The first-order valence-corrected chi connectivity index (χ1v) is 8.75. The second kappa shape index (κ2) is 8.81. The van der Waals surface area contributed by atoms with Crippen molar-refractivity contribution in [2.24, 2.45) is 0 Å². The van der Waals surface area contributed by atoms with Crippen LogP contribution in [0.15, 0.2) is 48.5 Å². The zero-order chi connectivity index (χ0) is 19.2. The van der Waals surface area contributed by atoms with Gasteiger partial charge in [0.05, 0.1) is 6.10 Å². The highest BCUT2D eigenvalue weighted by molar-refractivity contribution is 5.94. The molecule has 1 N–H and O–H groups in total. The Balaban J connectivity index is 1.82. The number of nitrogens with zero attached hydrogens (tertiary/aromatic N) is 1. The van der Waals surface area contributed by atoms with Crippen LogP contribution in [0.4, 0.5) is 8.78 Å². The van der Waals surface area contributed by atoms with Crippen molar-refractivity contribution in [3.63, 3.8) is 0 Å². The molecule has 1 heterocycles. The minimum atomic E-state index is -2.96. The number of benzene rings is 2. The number of phenolic OH excluding ortho intramolecular Hbond substituents is 1. The summed E-state index contributed by atoms with van der Waals surface area (Å²) in [5.74, 6) is -0.318. The highest BCUT2D eigenvalue weighted by Crippen LogP contribution is 2.23. The Hall–Kier alpha value is -2.67. The average molecular weight is 377 g/mol. The number of aromatic hydroxyl groups is 1. The Morgan fingerprint density at radius 3 is 2.78 bits per heavy atom. The molecular formula is C20H21F2NO4. The molecule has 0 aliphatic carbocycles. The van der Waals surface area contributed by atoms with E-state index in [1.54, 1.807) is 35.2 Å². The molecule has 1 saturated heterocycles. The van der Waals surface area contributed by atoms with Crippen molar-refractivity contribution in [1.82, 2.24) is 4.90 Å². The lowest BCUT2D eigenvalue weighted by Gasteiger charge is -2.26. The predicted molar refractivity (Wildman–Crippen MR) is 94.9 cm³/mol. The monoisotopic (exact) mass is 377 g/mol. The summed E-state index contributed by atoms with van der Waals surface area (Å²) in [6.45, 7) is -1.76. The fraction of sp³-hybridized carbons (Fsp3) is 0.350. The Kier molecular flexibility index (Phi) is 6.24. The number of hydrogen-bond donors (Lipinski definition) is 1. The highest BCUT2D eigenvalue weighted by atomic mass is 19.3. The van der Waals surface area contributed by atoms with Gasteiger partial charge in [-0.25, -0.2) is 0 Å². The first-order valence-electron chi connectivity index (χ1n) is 8.75. The van der Waals surface area contributed by atoms with Gasteiger partial charge in [-0.1, -0.05) is 24.3 Å². The molecular weight excluding hydrogens is 356 g/mol. The van der Waals surface area contributed by atoms with Crippen molar-refractivity contribution in [1.29, 1.82) is 0 Å². The van der Waals surface area contributed by atoms with E-state index in [2.05, 4.69) is 4.74 Å². The molecule has 1 aliphatic heterocycles. The van der Waals surface area contributed by atoms with E-state index in [1.807, 2.05) is 0 Å². The largest absolute Gasteiger partial charge is 0.508 e. The molecule has 0 radical (unpaired) electrons. The Bertz CT molecular complexity index is 778. The SMILES string of the molecule is O=C(c1cccc(OC(F)F)c1)N(Cc1ccccc1O)CC1CCCO1. The maximum absolute atomic E-state index is 13.0. The zero-order valence-corrected chi connectivity index (χ0v) is 14.7. The van der Waals surface area contributed by atoms with E-state index in [0.29, 0.717) is 18.7 Å². The van der Waals surface area contributed by atoms with Crippen molar-refractivity contribution in [2.75, 3.05) is 13.2 Å². The maximum atomic E-state index is 13.0. The lowest BCUT2D eigenvalue weighted by Crippen LogP contribution is -2.37. The van der Waals surface area contributed by atoms with Crippen molar-refractivity contribution in [3.8, 4) is 11.5 Å². The number of amides is 1. The van der Waals surface area contributed by atoms with Gasteiger partial charge in [0.2, 0.25) is 0 Å². The van der Waals surface area contributed by atoms with Gasteiger partial charge in [-0.3, -0.25) is 4.79 Å². The third-order valence-corrected chi connectivity index (χ3v) is 4.39. The molecule has 0 aromatic heterocycles. The normalized spacial score (nSPS) is 16.5. The molecule has 2 aromatic rings. The standard InChI is InChI=1S/C20H21F2NO4/c21-20(22)27-16-7-3-6-14(11-16)19(25)23(13-17-8-4-10-26-17)12-15-5-1-2-9-18(15)24/h1-3,5-7,9,11,17,20,24H,4,8,10,12-13H2. The van der Waals surface area contributed by atoms with E-state index in [4.69, 9.17) is 4.74 Å². The van der Waals surface area contributed by atoms with Gasteiger partial charge < -0.3 is 19.5 Å². The van der Waals surface area contributed by atoms with Crippen molar-refractivity contribution >= 4 is 5.91 Å². The van der Waals surface area contributed by atoms with Crippen LogP contribution >= 0.6 is 0 Å². The van der Waals surface area contributed by atoms with Crippen LogP contribution in [0.1, 0.15) is 28.8 Å². The number of rotatable bonds is 7. The van der Waals surface area contributed by atoms with Crippen molar-refractivity contribution < 1.29 is 28.2 Å². The van der Waals surface area contributed by atoms with Crippen LogP contribution < -0.4 is 4.74 Å². The number of phenols is 1. The molecule has 0 bridgehead atoms. The quantitative estimate of drug-likeness (QED) is 0.797. The van der Waals surface area contributed by atoms with Gasteiger partial charge in [-0.05, 0) is 37.1 Å². The van der Waals surface area contributed by atoms with E-state index >= 15 is 0 Å². The van der Waals surface area contributed by atoms with E-state index in [9.17, 15) is 18.7 Å². The number of hydrogen-bond acceptors (Lipinski definition) is 4. The van der Waals surface area contributed by atoms with Crippen LogP contribution in [0.3, 0.4) is 0 Å². The molecule has 1 fully saturated rings. The van der Waals surface area contributed by atoms with Crippen LogP contribution in [0.5, 0.6) is 11.5 Å². The van der Waals surface area contributed by atoms with E-state index in [1.165, 1.54) is 18.2 Å². The Morgan fingerprint density at radius 1 is 1.26 bits per heavy atom. The van der Waals surface area contributed by atoms with E-state index < -0.39 is 6.61 Å². The molecule has 5 nitrogen and oxygen atoms in total. The van der Waals surface area contributed by atoms with Crippen LogP contribution in [-0.4, -0.2) is 41.8 Å². The molecule has 2 aromatic carbocycles. The summed E-state index contributed by atoms with van der Waals surface area (Å²) in [7, 11) is 0. The number of halogens is 2. The minimum absolute atomic E-state index is 0.0736. The Labute approximate surface area is 156 Å². The topological polar surface area (TPSA) is 59.0 Å². The van der Waals surface area contributed by atoms with Crippen molar-refractivity contribution in [2.45, 2.75) is 32.1 Å². The maximum Gasteiger partial charge on any atom is 0.387 e. The van der Waals surface area contributed by atoms with Gasteiger partial charge in [0, 0.05) is 30.8 Å². The lowest BCUT2D eigenvalue weighted by atomic mass is 10.1. The fourth-order valence-electron chi connectivity index (χ4n) is 3.09. The highest BCUT2D eigenvalue weighted by Gasteiger charge is 2.24. The first-order chi connectivity index (χ1) is 13.0. The van der Waals surface area contributed by atoms with Crippen LogP contribution in [-0.2, 0) is 11.3 Å². The molecule has 0 spiro atoms. The second-order valence-electron chi connectivity index (χ2n) is 6.36. The third-order valence-electron chi connectivity index (χ3n) is 4.39. The summed E-state index contributed by atoms with van der Waals surface area (Å²) in [6.07, 6.45) is 1.69. The van der Waals surface area contributed by atoms with Gasteiger partial charge in [-0.2, -0.15) is 8.78 Å². The molecule has 27 heavy (non-hydrogen) atoms. The minimum Gasteiger partial charge on any atom is -0.508 e. The van der Waals surface area contributed by atoms with Crippen molar-refractivity contribution in [3.05, 3.63) is 59.7 Å². The average Bonchev–Trinajstić information content (AvgIpc) is 3.15. The smallest absolute Gasteiger partial charge is 0.387 e. The number of ether oxygens (including phenoxy) is 2. The third kappa shape index (κ3) is 5.17. The van der Waals surface area contributed by atoms with Crippen LogP contribution in [0, 0.1) is 0 Å². The summed E-state index contributed by atoms with van der Waals surface area (Å²) in [5.41, 5.74) is 0.838. The second-order valence-corrected chi connectivity index (χ2v) is 6.36.